The molecule has 0 atom stereocenters. The molecule has 98 valence electrons. The Morgan fingerprint density at radius 2 is 2.06 bits per heavy atom. The summed E-state index contributed by atoms with van der Waals surface area (Å²) in [6.45, 7) is 5.04. The fourth-order valence-corrected chi connectivity index (χ4v) is 1.15. The number of nitrogens with one attached hydrogen (secondary N) is 1. The molecule has 7 heteroatoms. The predicted molar refractivity (Wildman–Crippen MR) is 64.6 cm³/mol. The van der Waals surface area contributed by atoms with E-state index in [1.165, 1.54) is 0 Å². The van der Waals surface area contributed by atoms with Crippen LogP contribution in [-0.4, -0.2) is 21.7 Å². The Morgan fingerprint density at radius 1 is 1.44 bits per heavy atom. The van der Waals surface area contributed by atoms with Crippen LogP contribution in [0.1, 0.15) is 20.8 Å². The van der Waals surface area contributed by atoms with Crippen molar-refractivity contribution in [3.8, 4) is 5.75 Å². The number of rotatable bonds is 2. The summed E-state index contributed by atoms with van der Waals surface area (Å²) >= 11 is 0. The first-order chi connectivity index (χ1) is 8.19. The second kappa shape index (κ2) is 4.91. The van der Waals surface area contributed by atoms with Crippen molar-refractivity contribution in [3.05, 3.63) is 28.3 Å². The van der Waals surface area contributed by atoms with Crippen LogP contribution in [-0.2, 0) is 4.74 Å². The van der Waals surface area contributed by atoms with E-state index < -0.39 is 16.6 Å². The molecule has 0 aliphatic rings. The lowest BCUT2D eigenvalue weighted by Gasteiger charge is -2.19. The molecule has 0 saturated carbocycles. The average Bonchev–Trinajstić information content (AvgIpc) is 2.18. The topological polar surface area (TPSA) is 102 Å². The second-order valence-electron chi connectivity index (χ2n) is 4.59. The fourth-order valence-electron chi connectivity index (χ4n) is 1.15. The molecule has 0 radical (unpaired) electrons. The highest BCUT2D eigenvalue weighted by Crippen LogP contribution is 2.28. The molecule has 0 heterocycles. The Labute approximate surface area is 104 Å². The van der Waals surface area contributed by atoms with Crippen molar-refractivity contribution in [1.29, 1.82) is 0 Å². The van der Waals surface area contributed by atoms with Crippen molar-refractivity contribution >= 4 is 17.5 Å². The number of ether oxygens (including phenoxy) is 1. The number of phenols is 1. The third kappa shape index (κ3) is 3.93. The molecule has 1 aromatic carbocycles. The van der Waals surface area contributed by atoms with Gasteiger partial charge < -0.3 is 9.84 Å². The summed E-state index contributed by atoms with van der Waals surface area (Å²) in [5.41, 5.74) is -1.00. The maximum absolute atomic E-state index is 11.4. The zero-order valence-corrected chi connectivity index (χ0v) is 10.3. The summed E-state index contributed by atoms with van der Waals surface area (Å²) in [5, 5.41) is 22.3. The van der Waals surface area contributed by atoms with E-state index >= 15 is 0 Å². The molecule has 7 nitrogen and oxygen atoms in total. The maximum Gasteiger partial charge on any atom is 0.412 e. The van der Waals surface area contributed by atoms with Gasteiger partial charge in [-0.3, -0.25) is 15.4 Å². The standard InChI is InChI=1S/C11H14N2O5/c1-11(2,3)18-10(15)12-8-6-7(13(16)17)4-5-9(8)14/h4-6,14H,1-3H3,(H,12,15). The zero-order valence-electron chi connectivity index (χ0n) is 10.3. The van der Waals surface area contributed by atoms with E-state index in [2.05, 4.69) is 5.32 Å². The molecule has 0 unspecified atom stereocenters. The third-order valence-corrected chi connectivity index (χ3v) is 1.83. The van der Waals surface area contributed by atoms with Gasteiger partial charge in [-0.25, -0.2) is 4.79 Å². The molecule has 0 aliphatic carbocycles. The van der Waals surface area contributed by atoms with E-state index in [0.29, 0.717) is 0 Å². The predicted octanol–water partition coefficient (Wildman–Crippen LogP) is 2.65. The van der Waals surface area contributed by atoms with Gasteiger partial charge in [0.2, 0.25) is 0 Å². The number of phenolic OH excluding ortho intramolecular Hbond substituents is 1. The lowest BCUT2D eigenvalue weighted by Crippen LogP contribution is -2.27. The Morgan fingerprint density at radius 3 is 2.56 bits per heavy atom. The molecule has 18 heavy (non-hydrogen) atoms. The molecular weight excluding hydrogens is 240 g/mol. The van der Waals surface area contributed by atoms with Gasteiger partial charge >= 0.3 is 6.09 Å². The van der Waals surface area contributed by atoms with Gasteiger partial charge in [0.25, 0.3) is 5.69 Å². The summed E-state index contributed by atoms with van der Waals surface area (Å²) in [6, 6.07) is 3.32. The highest BCUT2D eigenvalue weighted by Gasteiger charge is 2.18. The molecule has 1 aromatic rings. The van der Waals surface area contributed by atoms with Crippen LogP contribution in [0.25, 0.3) is 0 Å². The SMILES string of the molecule is CC(C)(C)OC(=O)Nc1cc([N+](=O)[O-])ccc1O. The van der Waals surface area contributed by atoms with Gasteiger partial charge in [-0.1, -0.05) is 0 Å². The first-order valence-electron chi connectivity index (χ1n) is 5.16. The first-order valence-corrected chi connectivity index (χ1v) is 5.16. The number of benzene rings is 1. The van der Waals surface area contributed by atoms with Crippen LogP contribution >= 0.6 is 0 Å². The van der Waals surface area contributed by atoms with Gasteiger partial charge in [0.05, 0.1) is 10.6 Å². The van der Waals surface area contributed by atoms with Crippen LogP contribution in [0.15, 0.2) is 18.2 Å². The van der Waals surface area contributed by atoms with Crippen molar-refractivity contribution in [2.45, 2.75) is 26.4 Å². The molecule has 0 bridgehead atoms. The largest absolute Gasteiger partial charge is 0.506 e. The molecule has 2 N–H and O–H groups in total. The number of nitro groups is 1. The molecule has 1 amide bonds. The maximum atomic E-state index is 11.4. The monoisotopic (exact) mass is 254 g/mol. The van der Waals surface area contributed by atoms with Gasteiger partial charge in [-0.2, -0.15) is 0 Å². The highest BCUT2D eigenvalue weighted by atomic mass is 16.6. The lowest BCUT2D eigenvalue weighted by atomic mass is 10.2. The van der Waals surface area contributed by atoms with Crippen LogP contribution in [0.4, 0.5) is 16.2 Å². The Kier molecular flexibility index (Phi) is 3.75. The summed E-state index contributed by atoms with van der Waals surface area (Å²) in [7, 11) is 0. The van der Waals surface area contributed by atoms with E-state index in [1.54, 1.807) is 20.8 Å². The molecular formula is C11H14N2O5. The van der Waals surface area contributed by atoms with Gasteiger partial charge in [-0.05, 0) is 26.8 Å². The van der Waals surface area contributed by atoms with E-state index in [-0.39, 0.29) is 17.1 Å². The Balaban J connectivity index is 2.87. The molecule has 0 aromatic heterocycles. The molecule has 0 aliphatic heterocycles. The molecule has 0 saturated heterocycles. The minimum atomic E-state index is -0.793. The number of anilines is 1. The van der Waals surface area contributed by atoms with Crippen LogP contribution < -0.4 is 5.32 Å². The first kappa shape index (κ1) is 13.8. The van der Waals surface area contributed by atoms with Crippen LogP contribution in [0.2, 0.25) is 0 Å². The van der Waals surface area contributed by atoms with E-state index in [0.717, 1.165) is 18.2 Å². The number of non-ortho nitro benzene ring substituents is 1. The van der Waals surface area contributed by atoms with Gasteiger partial charge in [-0.15, -0.1) is 0 Å². The minimum Gasteiger partial charge on any atom is -0.506 e. The minimum absolute atomic E-state index is 0.0709. The summed E-state index contributed by atoms with van der Waals surface area (Å²) in [5.74, 6) is -0.272. The van der Waals surface area contributed by atoms with Gasteiger partial charge in [0.15, 0.2) is 0 Å². The Bertz CT molecular complexity index is 479. The van der Waals surface area contributed by atoms with Crippen molar-refractivity contribution in [1.82, 2.24) is 0 Å². The molecule has 1 rings (SSSR count). The zero-order chi connectivity index (χ0) is 13.9. The Hall–Kier alpha value is -2.31. The lowest BCUT2D eigenvalue weighted by molar-refractivity contribution is -0.384. The van der Waals surface area contributed by atoms with Crippen molar-refractivity contribution < 1.29 is 19.6 Å². The molecule has 0 spiro atoms. The molecule has 0 fully saturated rings. The number of nitrogens with zero attached hydrogens (tertiary/aromatic N) is 1. The number of hydrogen-bond acceptors (Lipinski definition) is 5. The van der Waals surface area contributed by atoms with Crippen LogP contribution in [0.5, 0.6) is 5.75 Å². The van der Waals surface area contributed by atoms with E-state index in [4.69, 9.17) is 4.74 Å². The van der Waals surface area contributed by atoms with Gasteiger partial charge in [0.1, 0.15) is 11.4 Å². The quantitative estimate of drug-likeness (QED) is 0.480. The van der Waals surface area contributed by atoms with Crippen molar-refractivity contribution in [2.75, 3.05) is 5.32 Å². The van der Waals surface area contributed by atoms with Crippen molar-refractivity contribution in [3.63, 3.8) is 0 Å². The smallest absolute Gasteiger partial charge is 0.412 e. The second-order valence-corrected chi connectivity index (χ2v) is 4.59. The number of amides is 1. The summed E-state index contributed by atoms with van der Waals surface area (Å²) in [6.07, 6.45) is -0.793. The number of hydrogen-bond donors (Lipinski definition) is 2. The summed E-state index contributed by atoms with van der Waals surface area (Å²) in [4.78, 5) is 21.4. The number of nitro benzene ring substituents is 1. The average molecular weight is 254 g/mol. The third-order valence-electron chi connectivity index (χ3n) is 1.83. The number of carbonyl (C=O) groups excluding carboxylic acids is 1. The van der Waals surface area contributed by atoms with Crippen molar-refractivity contribution in [2.24, 2.45) is 0 Å². The van der Waals surface area contributed by atoms with Gasteiger partial charge in [0, 0.05) is 12.1 Å². The number of carbonyl (C=O) groups is 1. The van der Waals surface area contributed by atoms with E-state index in [1.807, 2.05) is 0 Å². The summed E-state index contributed by atoms with van der Waals surface area (Å²) < 4.78 is 4.97. The normalized spacial score (nSPS) is 10.8. The van der Waals surface area contributed by atoms with Crippen LogP contribution in [0.3, 0.4) is 0 Å². The number of aromatic hydroxyl groups is 1. The highest BCUT2D eigenvalue weighted by molar-refractivity contribution is 5.87. The van der Waals surface area contributed by atoms with Crippen LogP contribution in [0, 0.1) is 10.1 Å². The van der Waals surface area contributed by atoms with E-state index in [9.17, 15) is 20.0 Å². The fraction of sp³-hybridized carbons (Fsp3) is 0.364.